The first-order chi connectivity index (χ1) is 8.65. The van der Waals surface area contributed by atoms with Gasteiger partial charge in [-0.05, 0) is 17.7 Å². The molecule has 0 fully saturated rings. The van der Waals surface area contributed by atoms with Crippen LogP contribution in [0.4, 0.5) is 0 Å². The van der Waals surface area contributed by atoms with Crippen LogP contribution in [0.1, 0.15) is 11.4 Å². The Kier molecular flexibility index (Phi) is 3.99. The lowest BCUT2D eigenvalue weighted by atomic mass is 10.1. The Morgan fingerprint density at radius 2 is 2.11 bits per heavy atom. The maximum absolute atomic E-state index is 12.0. The van der Waals surface area contributed by atoms with Crippen molar-refractivity contribution in [2.45, 2.75) is 13.0 Å². The van der Waals surface area contributed by atoms with Crippen LogP contribution in [0.2, 0.25) is 5.02 Å². The van der Waals surface area contributed by atoms with Gasteiger partial charge in [0.1, 0.15) is 5.82 Å². The minimum absolute atomic E-state index is 0.0497. The molecule has 0 aliphatic rings. The second-order valence-electron chi connectivity index (χ2n) is 4.09. The minimum atomic E-state index is 0.0497. The smallest absolute Gasteiger partial charge is 0.227 e. The number of hydrogen-bond donors (Lipinski definition) is 1. The molecule has 1 aromatic heterocycles. The van der Waals surface area contributed by atoms with Gasteiger partial charge in [0, 0.05) is 24.5 Å². The second kappa shape index (κ2) is 5.69. The van der Waals surface area contributed by atoms with E-state index in [2.05, 4.69) is 9.97 Å². The molecule has 0 spiro atoms. The number of benzene rings is 1. The number of aromatic nitrogens is 2. The number of carbonyl (C=O) groups is 1. The molecule has 0 atom stereocenters. The molecule has 1 aromatic carbocycles. The molecule has 0 unspecified atom stereocenters. The maximum atomic E-state index is 12.0. The third-order valence-electron chi connectivity index (χ3n) is 2.64. The number of nitrogens with one attached hydrogen (secondary N) is 1. The molecular formula is C13H14ClN3O. The largest absolute Gasteiger partial charge is 0.347 e. The van der Waals surface area contributed by atoms with Crippen LogP contribution in [0.5, 0.6) is 0 Å². The molecule has 0 radical (unpaired) electrons. The molecule has 0 aliphatic carbocycles. The fourth-order valence-corrected chi connectivity index (χ4v) is 1.74. The summed E-state index contributed by atoms with van der Waals surface area (Å²) in [6.45, 7) is 0.486. The highest BCUT2D eigenvalue weighted by Crippen LogP contribution is 2.11. The minimum Gasteiger partial charge on any atom is -0.347 e. The van der Waals surface area contributed by atoms with Crippen molar-refractivity contribution in [1.29, 1.82) is 0 Å². The fourth-order valence-electron chi connectivity index (χ4n) is 1.61. The van der Waals surface area contributed by atoms with E-state index in [1.165, 1.54) is 0 Å². The van der Waals surface area contributed by atoms with E-state index in [1.54, 1.807) is 36.5 Å². The van der Waals surface area contributed by atoms with E-state index in [-0.39, 0.29) is 5.91 Å². The lowest BCUT2D eigenvalue weighted by Crippen LogP contribution is -2.28. The summed E-state index contributed by atoms with van der Waals surface area (Å²) in [6, 6.07) is 7.30. The summed E-state index contributed by atoms with van der Waals surface area (Å²) in [6.07, 6.45) is 3.79. The van der Waals surface area contributed by atoms with Crippen LogP contribution in [-0.2, 0) is 17.8 Å². The monoisotopic (exact) mass is 263 g/mol. The van der Waals surface area contributed by atoms with Crippen LogP contribution in [0.25, 0.3) is 0 Å². The van der Waals surface area contributed by atoms with Gasteiger partial charge in [-0.3, -0.25) is 4.79 Å². The van der Waals surface area contributed by atoms with Gasteiger partial charge in [0.25, 0.3) is 0 Å². The zero-order valence-electron chi connectivity index (χ0n) is 10.1. The average molecular weight is 264 g/mol. The number of halogens is 1. The molecule has 94 valence electrons. The molecular weight excluding hydrogens is 250 g/mol. The van der Waals surface area contributed by atoms with Crippen molar-refractivity contribution < 1.29 is 4.79 Å². The number of imidazole rings is 1. The van der Waals surface area contributed by atoms with Gasteiger partial charge in [-0.25, -0.2) is 4.98 Å². The molecule has 2 aromatic rings. The lowest BCUT2D eigenvalue weighted by Gasteiger charge is -2.15. The predicted octanol–water partition coefficient (Wildman–Crippen LogP) is 2.26. The zero-order valence-corrected chi connectivity index (χ0v) is 10.8. The Hall–Kier alpha value is -1.81. The molecule has 0 bridgehead atoms. The van der Waals surface area contributed by atoms with Gasteiger partial charge in [-0.15, -0.1) is 0 Å². The van der Waals surface area contributed by atoms with Gasteiger partial charge < -0.3 is 9.88 Å². The Balaban J connectivity index is 1.93. The molecule has 4 nitrogen and oxygen atoms in total. The molecule has 0 saturated heterocycles. The summed E-state index contributed by atoms with van der Waals surface area (Å²) in [5, 5.41) is 0.676. The maximum Gasteiger partial charge on any atom is 0.227 e. The quantitative estimate of drug-likeness (QED) is 0.920. The molecule has 2 rings (SSSR count). The van der Waals surface area contributed by atoms with Crippen molar-refractivity contribution in [1.82, 2.24) is 14.9 Å². The number of rotatable bonds is 4. The van der Waals surface area contributed by atoms with E-state index >= 15 is 0 Å². The van der Waals surface area contributed by atoms with Crippen LogP contribution in [0.3, 0.4) is 0 Å². The van der Waals surface area contributed by atoms with Gasteiger partial charge in [0.05, 0.1) is 13.0 Å². The number of aromatic amines is 1. The molecule has 1 N–H and O–H groups in total. The van der Waals surface area contributed by atoms with Gasteiger partial charge in [-0.2, -0.15) is 0 Å². The van der Waals surface area contributed by atoms with Crippen molar-refractivity contribution >= 4 is 17.5 Å². The van der Waals surface area contributed by atoms with Crippen LogP contribution in [0, 0.1) is 0 Å². The van der Waals surface area contributed by atoms with Crippen molar-refractivity contribution in [3.63, 3.8) is 0 Å². The van der Waals surface area contributed by atoms with E-state index in [1.807, 2.05) is 12.1 Å². The van der Waals surface area contributed by atoms with E-state index in [0.717, 1.165) is 11.4 Å². The SMILES string of the molecule is CN(Cc1ncc[nH]1)C(=O)Cc1ccc(Cl)cc1. The van der Waals surface area contributed by atoms with Crippen molar-refractivity contribution in [2.75, 3.05) is 7.05 Å². The van der Waals surface area contributed by atoms with Crippen molar-refractivity contribution in [3.8, 4) is 0 Å². The molecule has 0 saturated carbocycles. The first-order valence-corrected chi connectivity index (χ1v) is 5.99. The van der Waals surface area contributed by atoms with E-state index < -0.39 is 0 Å². The zero-order chi connectivity index (χ0) is 13.0. The first-order valence-electron chi connectivity index (χ1n) is 5.62. The molecule has 18 heavy (non-hydrogen) atoms. The third kappa shape index (κ3) is 3.34. The van der Waals surface area contributed by atoms with Crippen LogP contribution in [-0.4, -0.2) is 27.8 Å². The lowest BCUT2D eigenvalue weighted by molar-refractivity contribution is -0.129. The summed E-state index contributed by atoms with van der Waals surface area (Å²) >= 11 is 5.80. The average Bonchev–Trinajstić information content (AvgIpc) is 2.85. The Bertz CT molecular complexity index is 508. The number of H-pyrrole nitrogens is 1. The highest BCUT2D eigenvalue weighted by molar-refractivity contribution is 6.30. The Morgan fingerprint density at radius 1 is 1.39 bits per heavy atom. The van der Waals surface area contributed by atoms with E-state index in [4.69, 9.17) is 11.6 Å². The van der Waals surface area contributed by atoms with Crippen LogP contribution < -0.4 is 0 Å². The predicted molar refractivity (Wildman–Crippen MR) is 70.2 cm³/mol. The van der Waals surface area contributed by atoms with E-state index in [9.17, 15) is 4.79 Å². The van der Waals surface area contributed by atoms with Crippen molar-refractivity contribution in [2.24, 2.45) is 0 Å². The Morgan fingerprint density at radius 3 is 2.72 bits per heavy atom. The normalized spacial score (nSPS) is 10.3. The summed E-state index contributed by atoms with van der Waals surface area (Å²) in [5.74, 6) is 0.829. The summed E-state index contributed by atoms with van der Waals surface area (Å²) < 4.78 is 0. The summed E-state index contributed by atoms with van der Waals surface area (Å²) in [5.41, 5.74) is 0.954. The van der Waals surface area contributed by atoms with Gasteiger partial charge in [0.15, 0.2) is 0 Å². The van der Waals surface area contributed by atoms with Crippen molar-refractivity contribution in [3.05, 3.63) is 53.1 Å². The fraction of sp³-hybridized carbons (Fsp3) is 0.231. The Labute approximate surface area is 111 Å². The molecule has 1 heterocycles. The topological polar surface area (TPSA) is 49.0 Å². The van der Waals surface area contributed by atoms with Gasteiger partial charge >= 0.3 is 0 Å². The van der Waals surface area contributed by atoms with Crippen LogP contribution >= 0.6 is 11.6 Å². The molecule has 5 heteroatoms. The number of amides is 1. The summed E-state index contributed by atoms with van der Waals surface area (Å²) in [7, 11) is 1.76. The summed E-state index contributed by atoms with van der Waals surface area (Å²) in [4.78, 5) is 20.7. The number of hydrogen-bond acceptors (Lipinski definition) is 2. The third-order valence-corrected chi connectivity index (χ3v) is 2.89. The van der Waals surface area contributed by atoms with Crippen LogP contribution in [0.15, 0.2) is 36.7 Å². The van der Waals surface area contributed by atoms with Gasteiger partial charge in [-0.1, -0.05) is 23.7 Å². The molecule has 1 amide bonds. The highest BCUT2D eigenvalue weighted by Gasteiger charge is 2.11. The standard InChI is InChI=1S/C13H14ClN3O/c1-17(9-12-15-6-7-16-12)13(18)8-10-2-4-11(14)5-3-10/h2-7H,8-9H2,1H3,(H,15,16). The number of carbonyl (C=O) groups excluding carboxylic acids is 1. The number of likely N-dealkylation sites (N-methyl/N-ethyl adjacent to an activating group) is 1. The second-order valence-corrected chi connectivity index (χ2v) is 4.53. The molecule has 0 aliphatic heterocycles. The first kappa shape index (κ1) is 12.6. The highest BCUT2D eigenvalue weighted by atomic mass is 35.5. The van der Waals surface area contributed by atoms with E-state index in [0.29, 0.717) is 18.0 Å². The van der Waals surface area contributed by atoms with Gasteiger partial charge in [0.2, 0.25) is 5.91 Å². The number of nitrogens with zero attached hydrogens (tertiary/aromatic N) is 2.